The first-order valence-electron chi connectivity index (χ1n) is 5.74. The van der Waals surface area contributed by atoms with Gasteiger partial charge in [-0.25, -0.2) is 0 Å². The number of ether oxygens (including phenoxy) is 1. The zero-order valence-electron chi connectivity index (χ0n) is 10.2. The van der Waals surface area contributed by atoms with Crippen LogP contribution in [0.25, 0.3) is 0 Å². The van der Waals surface area contributed by atoms with Crippen molar-refractivity contribution >= 4 is 33.2 Å². The molecule has 0 aliphatic heterocycles. The Morgan fingerprint density at radius 3 is 2.82 bits per heavy atom. The second kappa shape index (κ2) is 7.84. The molecule has 0 fully saturated rings. The summed E-state index contributed by atoms with van der Waals surface area (Å²) in [4.78, 5) is 12.4. The van der Waals surface area contributed by atoms with E-state index in [-0.39, 0.29) is 12.0 Å². The fraction of sp³-hybridized carbons (Fsp3) is 0.583. The van der Waals surface area contributed by atoms with E-state index < -0.39 is 0 Å². The van der Waals surface area contributed by atoms with Crippen LogP contribution in [-0.4, -0.2) is 25.2 Å². The first-order chi connectivity index (χ1) is 8.09. The quantitative estimate of drug-likeness (QED) is 0.782. The first kappa shape index (κ1) is 14.7. The highest BCUT2D eigenvalue weighted by atomic mass is 79.9. The molecule has 96 valence electrons. The fourth-order valence-electron chi connectivity index (χ4n) is 1.27. The van der Waals surface area contributed by atoms with Crippen LogP contribution in [0.2, 0.25) is 0 Å². The Labute approximate surface area is 115 Å². The molecule has 1 aromatic rings. The van der Waals surface area contributed by atoms with Crippen LogP contribution in [-0.2, 0) is 4.74 Å². The predicted octanol–water partition coefficient (Wildman–Crippen LogP) is 3.45. The van der Waals surface area contributed by atoms with Gasteiger partial charge in [-0.3, -0.25) is 4.79 Å². The van der Waals surface area contributed by atoms with Crippen LogP contribution in [0.5, 0.6) is 0 Å². The number of amides is 1. The van der Waals surface area contributed by atoms with Gasteiger partial charge in [0.2, 0.25) is 0 Å². The molecule has 0 aromatic carbocycles. The molecule has 0 unspecified atom stereocenters. The number of hydrogen-bond donors (Lipinski definition) is 1. The van der Waals surface area contributed by atoms with Crippen molar-refractivity contribution in [3.8, 4) is 0 Å². The Morgan fingerprint density at radius 2 is 2.24 bits per heavy atom. The average molecular weight is 320 g/mol. The summed E-state index contributed by atoms with van der Waals surface area (Å²) in [5, 5.41) is 2.90. The van der Waals surface area contributed by atoms with Gasteiger partial charge in [-0.1, -0.05) is 0 Å². The second-order valence-corrected chi connectivity index (χ2v) is 6.45. The smallest absolute Gasteiger partial charge is 0.261 e. The maximum absolute atomic E-state index is 11.6. The summed E-state index contributed by atoms with van der Waals surface area (Å²) in [5.74, 6) is 0.00507. The van der Waals surface area contributed by atoms with Gasteiger partial charge in [0.15, 0.2) is 0 Å². The van der Waals surface area contributed by atoms with Gasteiger partial charge in [-0.05, 0) is 54.8 Å². The minimum atomic E-state index is 0.00507. The van der Waals surface area contributed by atoms with Gasteiger partial charge in [0.25, 0.3) is 5.91 Å². The van der Waals surface area contributed by atoms with Crippen LogP contribution in [0.15, 0.2) is 15.9 Å². The molecule has 0 radical (unpaired) electrons. The van der Waals surface area contributed by atoms with Gasteiger partial charge >= 0.3 is 0 Å². The molecule has 0 aliphatic carbocycles. The van der Waals surface area contributed by atoms with Crippen LogP contribution in [0.4, 0.5) is 0 Å². The maximum Gasteiger partial charge on any atom is 0.261 e. The van der Waals surface area contributed by atoms with E-state index in [4.69, 9.17) is 4.74 Å². The van der Waals surface area contributed by atoms with Crippen LogP contribution in [0.1, 0.15) is 36.4 Å². The highest BCUT2D eigenvalue weighted by Gasteiger charge is 2.06. The Kier molecular flexibility index (Phi) is 6.77. The molecule has 1 heterocycles. The zero-order valence-corrected chi connectivity index (χ0v) is 12.6. The molecule has 0 saturated heterocycles. The Morgan fingerprint density at radius 1 is 1.47 bits per heavy atom. The lowest BCUT2D eigenvalue weighted by molar-refractivity contribution is 0.0754. The van der Waals surface area contributed by atoms with Crippen molar-refractivity contribution < 1.29 is 9.53 Å². The summed E-state index contributed by atoms with van der Waals surface area (Å²) < 4.78 is 6.40. The molecule has 1 rings (SSSR count). The van der Waals surface area contributed by atoms with Crippen molar-refractivity contribution in [2.24, 2.45) is 0 Å². The normalized spacial score (nSPS) is 10.8. The van der Waals surface area contributed by atoms with Crippen molar-refractivity contribution in [1.29, 1.82) is 0 Å². The summed E-state index contributed by atoms with van der Waals surface area (Å²) in [6, 6.07) is 3.71. The van der Waals surface area contributed by atoms with Crippen LogP contribution in [0.3, 0.4) is 0 Å². The lowest BCUT2D eigenvalue weighted by atomic mass is 10.3. The van der Waals surface area contributed by atoms with E-state index in [0.29, 0.717) is 6.54 Å². The van der Waals surface area contributed by atoms with Crippen molar-refractivity contribution in [3.63, 3.8) is 0 Å². The van der Waals surface area contributed by atoms with Gasteiger partial charge in [0.1, 0.15) is 0 Å². The topological polar surface area (TPSA) is 38.3 Å². The lowest BCUT2D eigenvalue weighted by Crippen LogP contribution is -2.23. The molecule has 0 bridgehead atoms. The molecule has 1 aromatic heterocycles. The van der Waals surface area contributed by atoms with Crippen molar-refractivity contribution in [2.75, 3.05) is 13.2 Å². The van der Waals surface area contributed by atoms with Gasteiger partial charge in [-0.2, -0.15) is 0 Å². The third-order valence-corrected chi connectivity index (χ3v) is 3.73. The number of thiophene rings is 1. The average Bonchev–Trinajstić information content (AvgIpc) is 2.69. The maximum atomic E-state index is 11.6. The number of rotatable bonds is 7. The first-order valence-corrected chi connectivity index (χ1v) is 7.35. The molecule has 5 heteroatoms. The summed E-state index contributed by atoms with van der Waals surface area (Å²) in [5.41, 5.74) is 0. The molecule has 0 atom stereocenters. The zero-order chi connectivity index (χ0) is 12.7. The highest BCUT2D eigenvalue weighted by molar-refractivity contribution is 9.11. The number of hydrogen-bond acceptors (Lipinski definition) is 3. The summed E-state index contributed by atoms with van der Waals surface area (Å²) in [6.07, 6.45) is 2.21. The second-order valence-electron chi connectivity index (χ2n) is 3.99. The third kappa shape index (κ3) is 6.19. The third-order valence-electron chi connectivity index (χ3n) is 2.10. The van der Waals surface area contributed by atoms with Crippen LogP contribution < -0.4 is 5.32 Å². The van der Waals surface area contributed by atoms with E-state index in [0.717, 1.165) is 28.1 Å². The van der Waals surface area contributed by atoms with Gasteiger partial charge < -0.3 is 10.1 Å². The van der Waals surface area contributed by atoms with E-state index in [1.54, 1.807) is 0 Å². The molecular formula is C12H18BrNO2S. The predicted molar refractivity (Wildman–Crippen MR) is 74.7 cm³/mol. The summed E-state index contributed by atoms with van der Waals surface area (Å²) >= 11 is 4.79. The highest BCUT2D eigenvalue weighted by Crippen LogP contribution is 2.21. The minimum absolute atomic E-state index is 0.00507. The number of nitrogens with one attached hydrogen (secondary N) is 1. The number of halogens is 1. The van der Waals surface area contributed by atoms with Gasteiger partial charge in [-0.15, -0.1) is 11.3 Å². The SMILES string of the molecule is CC(C)OCCCCNC(=O)c1ccc(Br)s1. The monoisotopic (exact) mass is 319 g/mol. The molecule has 3 nitrogen and oxygen atoms in total. The van der Waals surface area contributed by atoms with E-state index in [9.17, 15) is 4.79 Å². The van der Waals surface area contributed by atoms with Gasteiger partial charge in [0, 0.05) is 13.2 Å². The molecule has 0 aliphatic rings. The molecule has 0 saturated carbocycles. The van der Waals surface area contributed by atoms with Crippen LogP contribution >= 0.6 is 27.3 Å². The van der Waals surface area contributed by atoms with E-state index >= 15 is 0 Å². The van der Waals surface area contributed by atoms with Crippen molar-refractivity contribution in [2.45, 2.75) is 32.8 Å². The lowest BCUT2D eigenvalue weighted by Gasteiger charge is -2.07. The molecule has 1 N–H and O–H groups in total. The van der Waals surface area contributed by atoms with Crippen LogP contribution in [0, 0.1) is 0 Å². The molecule has 0 spiro atoms. The van der Waals surface area contributed by atoms with Crippen molar-refractivity contribution in [3.05, 3.63) is 20.8 Å². The van der Waals surface area contributed by atoms with E-state index in [1.165, 1.54) is 11.3 Å². The Hall–Kier alpha value is -0.390. The largest absolute Gasteiger partial charge is 0.379 e. The molecular weight excluding hydrogens is 302 g/mol. The molecule has 1 amide bonds. The number of unbranched alkanes of at least 4 members (excludes halogenated alkanes) is 1. The minimum Gasteiger partial charge on any atom is -0.379 e. The van der Waals surface area contributed by atoms with Gasteiger partial charge in [0.05, 0.1) is 14.8 Å². The Bertz CT molecular complexity index is 352. The van der Waals surface area contributed by atoms with E-state index in [2.05, 4.69) is 21.2 Å². The van der Waals surface area contributed by atoms with E-state index in [1.807, 2.05) is 26.0 Å². The fourth-order valence-corrected chi connectivity index (χ4v) is 2.57. The number of carbonyl (C=O) groups excluding carboxylic acids is 1. The summed E-state index contributed by atoms with van der Waals surface area (Å²) in [6.45, 7) is 5.51. The standard InChI is InChI=1S/C12H18BrNO2S/c1-9(2)16-8-4-3-7-14-12(15)10-5-6-11(13)17-10/h5-6,9H,3-4,7-8H2,1-2H3,(H,14,15). The summed E-state index contributed by atoms with van der Waals surface area (Å²) in [7, 11) is 0. The Balaban J connectivity index is 2.09. The van der Waals surface area contributed by atoms with Crippen molar-refractivity contribution in [1.82, 2.24) is 5.32 Å². The number of carbonyl (C=O) groups is 1. The molecule has 17 heavy (non-hydrogen) atoms.